The van der Waals surface area contributed by atoms with Crippen LogP contribution < -0.4 is 0 Å². The van der Waals surface area contributed by atoms with Crippen LogP contribution in [0.5, 0.6) is 0 Å². The van der Waals surface area contributed by atoms with Gasteiger partial charge in [0.05, 0.1) is 0 Å². The lowest BCUT2D eigenvalue weighted by Gasteiger charge is -2.31. The lowest BCUT2D eigenvalue weighted by molar-refractivity contribution is 0.0206. The Hall–Kier alpha value is -1.29. The fourth-order valence-electron chi connectivity index (χ4n) is 2.21. The third kappa shape index (κ3) is 3.88. The van der Waals surface area contributed by atoms with Crippen molar-refractivity contribution >= 4 is 5.84 Å². The predicted octanol–water partition coefficient (Wildman–Crippen LogP) is 3.36. The van der Waals surface area contributed by atoms with Crippen LogP contribution in [0, 0.1) is 5.41 Å². The van der Waals surface area contributed by atoms with Gasteiger partial charge in [-0.2, -0.15) is 0 Å². The summed E-state index contributed by atoms with van der Waals surface area (Å²) in [5.41, 5.74) is 3.10. The van der Waals surface area contributed by atoms with E-state index in [1.807, 2.05) is 13.0 Å². The smallest absolute Gasteiger partial charge is 0.123 e. The third-order valence-corrected chi connectivity index (χ3v) is 3.21. The number of hydroxylamine groups is 2. The Balaban J connectivity index is 2.90. The Bertz CT molecular complexity index is 361. The molecule has 1 fully saturated rings. The number of amidine groups is 1. The van der Waals surface area contributed by atoms with Crippen molar-refractivity contribution in [3.8, 4) is 0 Å². The summed E-state index contributed by atoms with van der Waals surface area (Å²) < 4.78 is 0. The lowest BCUT2D eigenvalue weighted by Crippen LogP contribution is -2.30. The molecule has 0 amide bonds. The van der Waals surface area contributed by atoms with Gasteiger partial charge in [0.2, 0.25) is 0 Å². The standard InChI is InChI=1S/C14H25N3O/c1-11(2)14(16-8-6-5-7-9-16)10-12(3)17(18)13(4)15/h10,15,18H,5-9H2,1-4H3/b12-10-,15-13?. The summed E-state index contributed by atoms with van der Waals surface area (Å²) >= 11 is 0. The van der Waals surface area contributed by atoms with Crippen LogP contribution in [0.15, 0.2) is 23.0 Å². The minimum absolute atomic E-state index is 0.135. The van der Waals surface area contributed by atoms with Crippen molar-refractivity contribution in [2.75, 3.05) is 13.1 Å². The number of piperidine rings is 1. The van der Waals surface area contributed by atoms with Crippen LogP contribution in [0.25, 0.3) is 0 Å². The molecule has 0 unspecified atom stereocenters. The molecule has 0 aromatic carbocycles. The van der Waals surface area contributed by atoms with Crippen molar-refractivity contribution in [1.29, 1.82) is 5.41 Å². The maximum atomic E-state index is 9.72. The van der Waals surface area contributed by atoms with E-state index in [-0.39, 0.29) is 5.84 Å². The van der Waals surface area contributed by atoms with Crippen molar-refractivity contribution in [2.24, 2.45) is 0 Å². The molecule has 0 radical (unpaired) electrons. The van der Waals surface area contributed by atoms with Crippen LogP contribution in [0.4, 0.5) is 0 Å². The Morgan fingerprint density at radius 1 is 1.11 bits per heavy atom. The van der Waals surface area contributed by atoms with Gasteiger partial charge in [-0.25, -0.2) is 5.06 Å². The molecule has 102 valence electrons. The van der Waals surface area contributed by atoms with Gasteiger partial charge in [0.25, 0.3) is 0 Å². The Morgan fingerprint density at radius 2 is 1.67 bits per heavy atom. The number of nitrogens with zero attached hydrogens (tertiary/aromatic N) is 2. The van der Waals surface area contributed by atoms with E-state index in [1.54, 1.807) is 6.92 Å². The quantitative estimate of drug-likeness (QED) is 0.350. The van der Waals surface area contributed by atoms with Crippen molar-refractivity contribution in [2.45, 2.75) is 47.0 Å². The second kappa shape index (κ2) is 6.59. The molecule has 0 aromatic rings. The summed E-state index contributed by atoms with van der Waals surface area (Å²) in [7, 11) is 0. The molecular formula is C14H25N3O. The Kier molecular flexibility index (Phi) is 5.41. The molecule has 0 saturated carbocycles. The molecule has 18 heavy (non-hydrogen) atoms. The summed E-state index contributed by atoms with van der Waals surface area (Å²) in [5, 5.41) is 18.1. The molecule has 4 heteroatoms. The second-order valence-electron chi connectivity index (χ2n) is 5.12. The zero-order valence-corrected chi connectivity index (χ0v) is 12.0. The van der Waals surface area contributed by atoms with E-state index in [2.05, 4.69) is 18.7 Å². The second-order valence-corrected chi connectivity index (χ2v) is 5.12. The monoisotopic (exact) mass is 251 g/mol. The SMILES string of the molecule is CC(=N)N(O)/C(C)=C\C(=C(C)C)N1CCCCC1. The lowest BCUT2D eigenvalue weighted by atomic mass is 10.1. The molecule has 4 nitrogen and oxygen atoms in total. The van der Waals surface area contributed by atoms with Crippen LogP contribution >= 0.6 is 0 Å². The van der Waals surface area contributed by atoms with E-state index < -0.39 is 0 Å². The maximum Gasteiger partial charge on any atom is 0.123 e. The molecule has 1 heterocycles. The highest BCUT2D eigenvalue weighted by Gasteiger charge is 2.14. The molecule has 0 aliphatic carbocycles. The van der Waals surface area contributed by atoms with Crippen molar-refractivity contribution < 1.29 is 5.21 Å². The molecule has 2 N–H and O–H groups in total. The summed E-state index contributed by atoms with van der Waals surface area (Å²) in [6, 6.07) is 0. The van der Waals surface area contributed by atoms with Gasteiger partial charge < -0.3 is 4.90 Å². The molecule has 1 aliphatic heterocycles. The maximum absolute atomic E-state index is 9.72. The number of rotatable bonds is 3. The van der Waals surface area contributed by atoms with Crippen LogP contribution in [0.3, 0.4) is 0 Å². The van der Waals surface area contributed by atoms with Crippen LogP contribution in [-0.4, -0.2) is 34.1 Å². The molecule has 0 bridgehead atoms. The fourth-order valence-corrected chi connectivity index (χ4v) is 2.21. The molecule has 1 saturated heterocycles. The molecule has 0 atom stereocenters. The minimum atomic E-state index is 0.135. The molecule has 1 aliphatic rings. The number of allylic oxidation sites excluding steroid dienone is 3. The number of hydrogen-bond acceptors (Lipinski definition) is 3. The van der Waals surface area contributed by atoms with Crippen LogP contribution in [-0.2, 0) is 0 Å². The van der Waals surface area contributed by atoms with Crippen LogP contribution in [0.2, 0.25) is 0 Å². The Labute approximate surface area is 110 Å². The van der Waals surface area contributed by atoms with E-state index in [0.717, 1.165) is 18.2 Å². The molecule has 1 rings (SSSR count). The first-order chi connectivity index (χ1) is 8.43. The van der Waals surface area contributed by atoms with Gasteiger partial charge in [-0.1, -0.05) is 5.57 Å². The van der Waals surface area contributed by atoms with Crippen molar-refractivity contribution in [3.05, 3.63) is 23.0 Å². The Morgan fingerprint density at radius 3 is 2.11 bits per heavy atom. The highest BCUT2D eigenvalue weighted by molar-refractivity contribution is 5.76. The molecule has 0 aromatic heterocycles. The van der Waals surface area contributed by atoms with Crippen molar-refractivity contribution in [1.82, 2.24) is 9.96 Å². The first-order valence-electron chi connectivity index (χ1n) is 6.58. The first-order valence-corrected chi connectivity index (χ1v) is 6.58. The third-order valence-electron chi connectivity index (χ3n) is 3.21. The van der Waals surface area contributed by atoms with Crippen molar-refractivity contribution in [3.63, 3.8) is 0 Å². The summed E-state index contributed by atoms with van der Waals surface area (Å²) in [6.45, 7) is 9.74. The zero-order chi connectivity index (χ0) is 13.7. The van der Waals surface area contributed by atoms with E-state index in [1.165, 1.54) is 30.5 Å². The summed E-state index contributed by atoms with van der Waals surface area (Å²) in [5.74, 6) is 0.135. The van der Waals surface area contributed by atoms with E-state index >= 15 is 0 Å². The summed E-state index contributed by atoms with van der Waals surface area (Å²) in [4.78, 5) is 2.37. The average molecular weight is 251 g/mol. The highest BCUT2D eigenvalue weighted by atomic mass is 16.5. The van der Waals surface area contributed by atoms with Gasteiger partial charge >= 0.3 is 0 Å². The van der Waals surface area contributed by atoms with Gasteiger partial charge in [-0.05, 0) is 53.0 Å². The van der Waals surface area contributed by atoms with E-state index in [9.17, 15) is 5.21 Å². The summed E-state index contributed by atoms with van der Waals surface area (Å²) in [6.07, 6.45) is 5.74. The normalized spacial score (nSPS) is 16.5. The first kappa shape index (κ1) is 14.8. The van der Waals surface area contributed by atoms with Gasteiger partial charge in [0, 0.05) is 24.5 Å². The fraction of sp³-hybridized carbons (Fsp3) is 0.643. The molecular weight excluding hydrogens is 226 g/mol. The van der Waals surface area contributed by atoms with E-state index in [4.69, 9.17) is 5.41 Å². The minimum Gasteiger partial charge on any atom is -0.372 e. The number of likely N-dealkylation sites (tertiary alicyclic amines) is 1. The van der Waals surface area contributed by atoms with Gasteiger partial charge in [0.1, 0.15) is 5.84 Å². The van der Waals surface area contributed by atoms with Gasteiger partial charge in [-0.3, -0.25) is 10.6 Å². The largest absolute Gasteiger partial charge is 0.372 e. The predicted molar refractivity (Wildman–Crippen MR) is 74.6 cm³/mol. The van der Waals surface area contributed by atoms with E-state index in [0.29, 0.717) is 5.70 Å². The highest BCUT2D eigenvalue weighted by Crippen LogP contribution is 2.20. The van der Waals surface area contributed by atoms with Gasteiger partial charge in [0.15, 0.2) is 0 Å². The number of nitrogens with one attached hydrogen (secondary N) is 1. The van der Waals surface area contributed by atoms with Crippen LogP contribution in [0.1, 0.15) is 47.0 Å². The topological polar surface area (TPSA) is 50.6 Å². The molecule has 0 spiro atoms. The number of hydrogen-bond donors (Lipinski definition) is 2. The average Bonchev–Trinajstić information content (AvgIpc) is 2.35. The zero-order valence-electron chi connectivity index (χ0n) is 12.0. The van der Waals surface area contributed by atoms with Gasteiger partial charge in [-0.15, -0.1) is 0 Å².